The fraction of sp³-hybridized carbons (Fsp3) is 0.333. The van der Waals surface area contributed by atoms with Crippen molar-refractivity contribution in [2.24, 2.45) is 0 Å². The van der Waals surface area contributed by atoms with E-state index >= 15 is 0 Å². The first-order valence-electron chi connectivity index (χ1n) is 5.22. The fourth-order valence-electron chi connectivity index (χ4n) is 1.23. The highest BCUT2D eigenvalue weighted by Gasteiger charge is 2.15. The number of hydrogen-bond donors (Lipinski definition) is 1. The summed E-state index contributed by atoms with van der Waals surface area (Å²) in [6.45, 7) is 4.02. The Morgan fingerprint density at radius 3 is 2.88 bits per heavy atom. The molecule has 0 spiro atoms. The highest BCUT2D eigenvalue weighted by atomic mass is 35.5. The summed E-state index contributed by atoms with van der Waals surface area (Å²) in [4.78, 5) is 11.5. The molecule has 17 heavy (non-hydrogen) atoms. The van der Waals surface area contributed by atoms with Gasteiger partial charge in [-0.25, -0.2) is 0 Å². The van der Waals surface area contributed by atoms with E-state index in [2.05, 4.69) is 5.32 Å². The summed E-state index contributed by atoms with van der Waals surface area (Å²) < 4.78 is 5.41. The first-order chi connectivity index (χ1) is 8.08. The lowest BCUT2D eigenvalue weighted by Gasteiger charge is -2.14. The Labute approximate surface area is 105 Å². The van der Waals surface area contributed by atoms with Crippen LogP contribution in [-0.4, -0.2) is 18.6 Å². The number of carbonyl (C=O) groups is 1. The van der Waals surface area contributed by atoms with Gasteiger partial charge in [0, 0.05) is 6.54 Å². The summed E-state index contributed by atoms with van der Waals surface area (Å²) in [5, 5.41) is 11.6. The van der Waals surface area contributed by atoms with Gasteiger partial charge in [-0.3, -0.25) is 4.79 Å². The zero-order valence-corrected chi connectivity index (χ0v) is 10.4. The van der Waals surface area contributed by atoms with Crippen LogP contribution in [0.4, 0.5) is 0 Å². The van der Waals surface area contributed by atoms with Crippen LogP contribution in [0, 0.1) is 11.3 Å². The molecule has 1 N–H and O–H groups in total. The SMILES string of the molecule is CCNC(=O)[C@@H](C)Oc1ccc(C#N)cc1Cl. The van der Waals surface area contributed by atoms with E-state index in [1.54, 1.807) is 19.1 Å². The molecule has 0 aromatic heterocycles. The van der Waals surface area contributed by atoms with Crippen molar-refractivity contribution in [2.75, 3.05) is 6.54 Å². The largest absolute Gasteiger partial charge is 0.479 e. The van der Waals surface area contributed by atoms with Crippen LogP contribution in [0.15, 0.2) is 18.2 Å². The van der Waals surface area contributed by atoms with Gasteiger partial charge in [0.2, 0.25) is 0 Å². The van der Waals surface area contributed by atoms with Gasteiger partial charge in [-0.1, -0.05) is 11.6 Å². The Kier molecular flexibility index (Phi) is 4.80. The molecule has 1 aromatic carbocycles. The first kappa shape index (κ1) is 13.3. The highest BCUT2D eigenvalue weighted by molar-refractivity contribution is 6.32. The summed E-state index contributed by atoms with van der Waals surface area (Å²) in [5.41, 5.74) is 0.452. The molecule has 0 heterocycles. The Morgan fingerprint density at radius 2 is 2.35 bits per heavy atom. The Morgan fingerprint density at radius 1 is 1.65 bits per heavy atom. The molecule has 5 heteroatoms. The molecule has 1 aromatic rings. The van der Waals surface area contributed by atoms with Crippen molar-refractivity contribution in [3.05, 3.63) is 28.8 Å². The molecule has 4 nitrogen and oxygen atoms in total. The molecule has 0 aliphatic rings. The van der Waals surface area contributed by atoms with Crippen LogP contribution in [0.25, 0.3) is 0 Å². The molecule has 90 valence electrons. The maximum absolute atomic E-state index is 11.5. The number of likely N-dealkylation sites (N-methyl/N-ethyl adjacent to an activating group) is 1. The standard InChI is InChI=1S/C12H13ClN2O2/c1-3-15-12(16)8(2)17-11-5-4-9(7-14)6-10(11)13/h4-6,8H,3H2,1-2H3,(H,15,16)/t8-/m1/s1. The fourth-order valence-corrected chi connectivity index (χ4v) is 1.45. The first-order valence-corrected chi connectivity index (χ1v) is 5.60. The average molecular weight is 253 g/mol. The van der Waals surface area contributed by atoms with Crippen molar-refractivity contribution in [3.8, 4) is 11.8 Å². The summed E-state index contributed by atoms with van der Waals surface area (Å²) in [6.07, 6.45) is -0.625. The van der Waals surface area contributed by atoms with Crippen LogP contribution in [-0.2, 0) is 4.79 Å². The van der Waals surface area contributed by atoms with Gasteiger partial charge < -0.3 is 10.1 Å². The molecule has 0 unspecified atom stereocenters. The number of hydrogen-bond acceptors (Lipinski definition) is 3. The van der Waals surface area contributed by atoms with Crippen molar-refractivity contribution in [2.45, 2.75) is 20.0 Å². The van der Waals surface area contributed by atoms with E-state index in [9.17, 15) is 4.79 Å². The summed E-state index contributed by atoms with van der Waals surface area (Å²) in [7, 11) is 0. The third kappa shape index (κ3) is 3.65. The maximum Gasteiger partial charge on any atom is 0.260 e. The minimum Gasteiger partial charge on any atom is -0.479 e. The van der Waals surface area contributed by atoms with Gasteiger partial charge in [0.05, 0.1) is 16.7 Å². The van der Waals surface area contributed by atoms with Gasteiger partial charge in [0.1, 0.15) is 5.75 Å². The van der Waals surface area contributed by atoms with Crippen molar-refractivity contribution in [3.63, 3.8) is 0 Å². The number of halogens is 1. The number of ether oxygens (including phenoxy) is 1. The normalized spacial score (nSPS) is 11.4. The van der Waals surface area contributed by atoms with Gasteiger partial charge in [-0.05, 0) is 32.0 Å². The lowest BCUT2D eigenvalue weighted by Crippen LogP contribution is -2.36. The third-order valence-corrected chi connectivity index (χ3v) is 2.38. The summed E-state index contributed by atoms with van der Waals surface area (Å²) in [6, 6.07) is 6.64. The number of nitrogens with zero attached hydrogens (tertiary/aromatic N) is 1. The van der Waals surface area contributed by atoms with E-state index in [1.165, 1.54) is 6.07 Å². The molecule has 1 atom stereocenters. The lowest BCUT2D eigenvalue weighted by atomic mass is 10.2. The van der Waals surface area contributed by atoms with Crippen LogP contribution in [0.5, 0.6) is 5.75 Å². The van der Waals surface area contributed by atoms with E-state index in [1.807, 2.05) is 13.0 Å². The van der Waals surface area contributed by atoms with Crippen molar-refractivity contribution < 1.29 is 9.53 Å². The number of benzene rings is 1. The molecular weight excluding hydrogens is 240 g/mol. The molecule has 1 amide bonds. The third-order valence-electron chi connectivity index (χ3n) is 2.08. The second-order valence-electron chi connectivity index (χ2n) is 3.41. The molecule has 0 fully saturated rings. The van der Waals surface area contributed by atoms with E-state index < -0.39 is 6.10 Å². The Balaban J connectivity index is 2.75. The van der Waals surface area contributed by atoms with Gasteiger partial charge in [-0.15, -0.1) is 0 Å². The van der Waals surface area contributed by atoms with E-state index in [-0.39, 0.29) is 5.91 Å². The number of rotatable bonds is 4. The number of carbonyl (C=O) groups excluding carboxylic acids is 1. The second-order valence-corrected chi connectivity index (χ2v) is 3.82. The van der Waals surface area contributed by atoms with Crippen LogP contribution >= 0.6 is 11.6 Å². The minimum atomic E-state index is -0.625. The molecule has 0 aliphatic heterocycles. The van der Waals surface area contributed by atoms with Crippen LogP contribution in [0.3, 0.4) is 0 Å². The molecule has 0 saturated carbocycles. The number of nitrogens with one attached hydrogen (secondary N) is 1. The van der Waals surface area contributed by atoms with Crippen molar-refractivity contribution in [1.82, 2.24) is 5.32 Å². The van der Waals surface area contributed by atoms with Crippen LogP contribution in [0.2, 0.25) is 5.02 Å². The summed E-state index contributed by atoms with van der Waals surface area (Å²) >= 11 is 5.93. The van der Waals surface area contributed by atoms with Crippen LogP contribution < -0.4 is 10.1 Å². The molecule has 0 saturated heterocycles. The number of nitriles is 1. The quantitative estimate of drug-likeness (QED) is 0.893. The van der Waals surface area contributed by atoms with E-state index in [0.717, 1.165) is 0 Å². The molecule has 0 aliphatic carbocycles. The Hall–Kier alpha value is -1.73. The minimum absolute atomic E-state index is 0.201. The molecule has 0 radical (unpaired) electrons. The zero-order chi connectivity index (χ0) is 12.8. The zero-order valence-electron chi connectivity index (χ0n) is 9.66. The van der Waals surface area contributed by atoms with Gasteiger partial charge >= 0.3 is 0 Å². The van der Waals surface area contributed by atoms with Gasteiger partial charge in [0.15, 0.2) is 6.10 Å². The van der Waals surface area contributed by atoms with E-state index in [4.69, 9.17) is 21.6 Å². The lowest BCUT2D eigenvalue weighted by molar-refractivity contribution is -0.127. The van der Waals surface area contributed by atoms with E-state index in [0.29, 0.717) is 22.9 Å². The molecule has 1 rings (SSSR count). The van der Waals surface area contributed by atoms with Crippen LogP contribution in [0.1, 0.15) is 19.4 Å². The van der Waals surface area contributed by atoms with Crippen molar-refractivity contribution >= 4 is 17.5 Å². The van der Waals surface area contributed by atoms with Gasteiger partial charge in [-0.2, -0.15) is 5.26 Å². The molecule has 0 bridgehead atoms. The smallest absolute Gasteiger partial charge is 0.260 e. The average Bonchev–Trinajstić information content (AvgIpc) is 2.31. The monoisotopic (exact) mass is 252 g/mol. The predicted octanol–water partition coefficient (Wildman–Crippen LogP) is 2.12. The topological polar surface area (TPSA) is 62.1 Å². The molecular formula is C12H13ClN2O2. The Bertz CT molecular complexity index is 454. The highest BCUT2D eigenvalue weighted by Crippen LogP contribution is 2.26. The van der Waals surface area contributed by atoms with Crippen molar-refractivity contribution in [1.29, 1.82) is 5.26 Å². The maximum atomic E-state index is 11.5. The summed E-state index contributed by atoms with van der Waals surface area (Å²) in [5.74, 6) is 0.192. The second kappa shape index (κ2) is 6.12. The number of amides is 1. The predicted molar refractivity (Wildman–Crippen MR) is 64.9 cm³/mol. The van der Waals surface area contributed by atoms with Gasteiger partial charge in [0.25, 0.3) is 5.91 Å².